The van der Waals surface area contributed by atoms with E-state index >= 15 is 0 Å². The first kappa shape index (κ1) is 15.0. The van der Waals surface area contributed by atoms with Crippen molar-refractivity contribution >= 4 is 5.91 Å². The van der Waals surface area contributed by atoms with E-state index < -0.39 is 6.04 Å². The summed E-state index contributed by atoms with van der Waals surface area (Å²) in [6.45, 7) is 1.87. The van der Waals surface area contributed by atoms with Gasteiger partial charge in [0, 0.05) is 6.20 Å². The van der Waals surface area contributed by atoms with Gasteiger partial charge in [0.15, 0.2) is 0 Å². The Morgan fingerprint density at radius 1 is 1.29 bits per heavy atom. The van der Waals surface area contributed by atoms with E-state index in [1.165, 1.54) is 0 Å². The van der Waals surface area contributed by atoms with Gasteiger partial charge < -0.3 is 16.2 Å². The maximum Gasteiger partial charge on any atom is 0.237 e. The second-order valence-electron chi connectivity index (χ2n) is 4.96. The van der Waals surface area contributed by atoms with Crippen LogP contribution in [0.15, 0.2) is 48.7 Å². The zero-order chi connectivity index (χ0) is 15.2. The van der Waals surface area contributed by atoms with Crippen LogP contribution >= 0.6 is 0 Å². The molecule has 0 aliphatic rings. The average Bonchev–Trinajstić information content (AvgIpc) is 2.50. The van der Waals surface area contributed by atoms with Gasteiger partial charge in [0.1, 0.15) is 5.75 Å². The van der Waals surface area contributed by atoms with Crippen LogP contribution in [0.5, 0.6) is 5.75 Å². The molecule has 0 radical (unpaired) electrons. The zero-order valence-corrected chi connectivity index (χ0v) is 11.9. The molecular weight excluding hydrogens is 266 g/mol. The number of aromatic nitrogens is 1. The molecule has 1 heterocycles. The predicted molar refractivity (Wildman–Crippen MR) is 80.6 cm³/mol. The van der Waals surface area contributed by atoms with Crippen molar-refractivity contribution in [1.29, 1.82) is 0 Å². The number of carbonyl (C=O) groups is 1. The topological polar surface area (TPSA) is 88.2 Å². The maximum atomic E-state index is 12.1. The fraction of sp³-hybridized carbons (Fsp3) is 0.250. The Hall–Kier alpha value is -2.40. The molecule has 0 unspecified atom stereocenters. The quantitative estimate of drug-likeness (QED) is 0.777. The van der Waals surface area contributed by atoms with Crippen LogP contribution in [0.2, 0.25) is 0 Å². The Morgan fingerprint density at radius 3 is 2.62 bits per heavy atom. The predicted octanol–water partition coefficient (Wildman–Crippen LogP) is 1.53. The number of amides is 1. The third-order valence-corrected chi connectivity index (χ3v) is 3.22. The van der Waals surface area contributed by atoms with Gasteiger partial charge in [-0.2, -0.15) is 0 Å². The van der Waals surface area contributed by atoms with Gasteiger partial charge in [-0.15, -0.1) is 0 Å². The van der Waals surface area contributed by atoms with Gasteiger partial charge in [0.05, 0.1) is 17.8 Å². The van der Waals surface area contributed by atoms with Crippen molar-refractivity contribution in [2.45, 2.75) is 25.4 Å². The highest BCUT2D eigenvalue weighted by Gasteiger charge is 2.17. The second kappa shape index (κ2) is 6.85. The molecule has 1 aromatic carbocycles. The minimum Gasteiger partial charge on any atom is -0.508 e. The van der Waals surface area contributed by atoms with Gasteiger partial charge in [-0.25, -0.2) is 0 Å². The summed E-state index contributed by atoms with van der Waals surface area (Å²) >= 11 is 0. The molecule has 0 saturated heterocycles. The molecule has 0 aliphatic carbocycles. The fourth-order valence-corrected chi connectivity index (χ4v) is 2.01. The van der Waals surface area contributed by atoms with Gasteiger partial charge in [-0.1, -0.05) is 18.2 Å². The molecule has 110 valence electrons. The van der Waals surface area contributed by atoms with Crippen molar-refractivity contribution in [3.63, 3.8) is 0 Å². The molecule has 1 amide bonds. The van der Waals surface area contributed by atoms with E-state index in [1.54, 1.807) is 30.5 Å². The number of rotatable bonds is 5. The molecule has 0 spiro atoms. The third-order valence-electron chi connectivity index (χ3n) is 3.22. The molecule has 5 heteroatoms. The van der Waals surface area contributed by atoms with Gasteiger partial charge in [-0.3, -0.25) is 9.78 Å². The molecule has 2 rings (SSSR count). The van der Waals surface area contributed by atoms with E-state index in [9.17, 15) is 9.90 Å². The Morgan fingerprint density at radius 2 is 2.00 bits per heavy atom. The normalized spacial score (nSPS) is 13.4. The van der Waals surface area contributed by atoms with Crippen LogP contribution in [0.4, 0.5) is 0 Å². The van der Waals surface area contributed by atoms with Crippen molar-refractivity contribution in [1.82, 2.24) is 10.3 Å². The lowest BCUT2D eigenvalue weighted by atomic mass is 10.1. The lowest BCUT2D eigenvalue weighted by Gasteiger charge is -2.17. The molecule has 5 nitrogen and oxygen atoms in total. The number of phenolic OH excluding ortho intramolecular Hbond substituents is 1. The Bertz CT molecular complexity index is 584. The first-order chi connectivity index (χ1) is 10.1. The van der Waals surface area contributed by atoms with Crippen LogP contribution in [0.1, 0.15) is 24.2 Å². The SMILES string of the molecule is C[C@@H](NC(=O)[C@H](N)Cc1ccc(O)cc1)c1ccccn1. The van der Waals surface area contributed by atoms with Gasteiger partial charge in [0.2, 0.25) is 5.91 Å². The smallest absolute Gasteiger partial charge is 0.237 e. The van der Waals surface area contributed by atoms with Crippen LogP contribution < -0.4 is 11.1 Å². The summed E-state index contributed by atoms with van der Waals surface area (Å²) in [5.74, 6) is -0.0261. The first-order valence-electron chi connectivity index (χ1n) is 6.81. The van der Waals surface area contributed by atoms with Crippen molar-refractivity contribution in [3.05, 3.63) is 59.9 Å². The molecule has 21 heavy (non-hydrogen) atoms. The summed E-state index contributed by atoms with van der Waals surface area (Å²) in [5.41, 5.74) is 7.62. The van der Waals surface area contributed by atoms with E-state index in [0.717, 1.165) is 11.3 Å². The van der Waals surface area contributed by atoms with Gasteiger partial charge >= 0.3 is 0 Å². The number of carbonyl (C=O) groups excluding carboxylic acids is 1. The summed E-state index contributed by atoms with van der Waals surface area (Å²) in [6, 6.07) is 11.4. The number of nitrogens with two attached hydrogens (primary N) is 1. The number of nitrogens with one attached hydrogen (secondary N) is 1. The van der Waals surface area contributed by atoms with Crippen molar-refractivity contribution in [2.75, 3.05) is 0 Å². The van der Waals surface area contributed by atoms with E-state index in [1.807, 2.05) is 25.1 Å². The Labute approximate surface area is 123 Å². The second-order valence-corrected chi connectivity index (χ2v) is 4.96. The third kappa shape index (κ3) is 4.29. The number of benzene rings is 1. The Balaban J connectivity index is 1.92. The average molecular weight is 285 g/mol. The van der Waals surface area contributed by atoms with Crippen LogP contribution in [-0.4, -0.2) is 22.0 Å². The first-order valence-corrected chi connectivity index (χ1v) is 6.81. The zero-order valence-electron chi connectivity index (χ0n) is 11.9. The van der Waals surface area contributed by atoms with Gasteiger partial charge in [0.25, 0.3) is 0 Å². The van der Waals surface area contributed by atoms with E-state index in [-0.39, 0.29) is 17.7 Å². The number of hydrogen-bond acceptors (Lipinski definition) is 4. The van der Waals surface area contributed by atoms with Gasteiger partial charge in [-0.05, 0) is 43.2 Å². The fourth-order valence-electron chi connectivity index (χ4n) is 2.01. The van der Waals surface area contributed by atoms with Crippen LogP contribution in [0, 0.1) is 0 Å². The van der Waals surface area contributed by atoms with Crippen LogP contribution in [-0.2, 0) is 11.2 Å². The summed E-state index contributed by atoms with van der Waals surface area (Å²) in [5, 5.41) is 12.1. The summed E-state index contributed by atoms with van der Waals surface area (Å²) in [4.78, 5) is 16.3. The van der Waals surface area contributed by atoms with Crippen LogP contribution in [0.25, 0.3) is 0 Å². The number of aromatic hydroxyl groups is 1. The number of pyridine rings is 1. The minimum absolute atomic E-state index is 0.190. The molecule has 0 saturated carbocycles. The van der Waals surface area contributed by atoms with E-state index in [0.29, 0.717) is 6.42 Å². The number of hydrogen-bond donors (Lipinski definition) is 3. The van der Waals surface area contributed by atoms with E-state index in [4.69, 9.17) is 5.73 Å². The largest absolute Gasteiger partial charge is 0.508 e. The lowest BCUT2D eigenvalue weighted by molar-refractivity contribution is -0.123. The molecule has 4 N–H and O–H groups in total. The van der Waals surface area contributed by atoms with Crippen molar-refractivity contribution < 1.29 is 9.90 Å². The number of nitrogens with zero attached hydrogens (tertiary/aromatic N) is 1. The summed E-state index contributed by atoms with van der Waals surface area (Å²) < 4.78 is 0. The summed E-state index contributed by atoms with van der Waals surface area (Å²) in [6.07, 6.45) is 2.11. The maximum absolute atomic E-state index is 12.1. The highest BCUT2D eigenvalue weighted by Crippen LogP contribution is 2.12. The van der Waals surface area contributed by atoms with Crippen LogP contribution in [0.3, 0.4) is 0 Å². The van der Waals surface area contributed by atoms with Crippen molar-refractivity contribution in [2.24, 2.45) is 5.73 Å². The molecular formula is C16H19N3O2. The van der Waals surface area contributed by atoms with E-state index in [2.05, 4.69) is 10.3 Å². The molecule has 0 bridgehead atoms. The van der Waals surface area contributed by atoms with Crippen molar-refractivity contribution in [3.8, 4) is 5.75 Å². The molecule has 1 aromatic heterocycles. The molecule has 0 aliphatic heterocycles. The summed E-state index contributed by atoms with van der Waals surface area (Å²) in [7, 11) is 0. The monoisotopic (exact) mass is 285 g/mol. The standard InChI is InChI=1S/C16H19N3O2/c1-11(15-4-2-3-9-18-15)19-16(21)14(17)10-12-5-7-13(20)8-6-12/h2-9,11,14,20H,10,17H2,1H3,(H,19,21)/t11-,14-/m1/s1. The lowest BCUT2D eigenvalue weighted by Crippen LogP contribution is -2.43. The molecule has 0 fully saturated rings. The minimum atomic E-state index is -0.638. The number of phenols is 1. The molecule has 2 aromatic rings. The molecule has 2 atom stereocenters. The Kier molecular flexibility index (Phi) is 4.90. The highest BCUT2D eigenvalue weighted by atomic mass is 16.3. The highest BCUT2D eigenvalue weighted by molar-refractivity contribution is 5.82.